The van der Waals surface area contributed by atoms with Crippen molar-refractivity contribution >= 4 is 11.8 Å². The number of halogens is 1. The first kappa shape index (κ1) is 16.0. The lowest BCUT2D eigenvalue weighted by Crippen LogP contribution is -2.43. The number of aryl methyl sites for hydroxylation is 1. The molecule has 1 aliphatic heterocycles. The minimum atomic E-state index is -0.229. The average Bonchev–Trinajstić information content (AvgIpc) is 3.40. The minimum absolute atomic E-state index is 0.0280. The standard InChI is InChI=1S/C18H23FN2O2/c1-12-10-13(2-5-16(12)19)11-20-17(22)14-6-8-21(9-7-14)18(23)15-3-4-15/h2,5,10,14-15H,3-4,6-9,11H2,1H3,(H,20,22). The molecule has 1 heterocycles. The molecule has 1 aromatic carbocycles. The van der Waals surface area contributed by atoms with E-state index in [1.807, 2.05) is 4.90 Å². The molecule has 124 valence electrons. The largest absolute Gasteiger partial charge is 0.352 e. The average molecular weight is 318 g/mol. The lowest BCUT2D eigenvalue weighted by molar-refractivity contribution is -0.136. The van der Waals surface area contributed by atoms with Crippen molar-refractivity contribution in [1.29, 1.82) is 0 Å². The summed E-state index contributed by atoms with van der Waals surface area (Å²) in [4.78, 5) is 26.2. The SMILES string of the molecule is Cc1cc(CNC(=O)C2CCN(C(=O)C3CC3)CC2)ccc1F. The minimum Gasteiger partial charge on any atom is -0.352 e. The Balaban J connectivity index is 1.45. The Morgan fingerprint density at radius 1 is 1.17 bits per heavy atom. The summed E-state index contributed by atoms with van der Waals surface area (Å²) < 4.78 is 13.2. The summed E-state index contributed by atoms with van der Waals surface area (Å²) in [5, 5.41) is 2.93. The number of amides is 2. The number of benzene rings is 1. The lowest BCUT2D eigenvalue weighted by Gasteiger charge is -2.31. The van der Waals surface area contributed by atoms with Gasteiger partial charge in [0.25, 0.3) is 0 Å². The number of likely N-dealkylation sites (tertiary alicyclic amines) is 1. The van der Waals surface area contributed by atoms with Crippen LogP contribution in [0.15, 0.2) is 18.2 Å². The van der Waals surface area contributed by atoms with E-state index in [0.29, 0.717) is 25.2 Å². The van der Waals surface area contributed by atoms with E-state index in [1.165, 1.54) is 6.07 Å². The Kier molecular flexibility index (Phi) is 4.64. The highest BCUT2D eigenvalue weighted by atomic mass is 19.1. The Labute approximate surface area is 136 Å². The molecule has 23 heavy (non-hydrogen) atoms. The van der Waals surface area contributed by atoms with E-state index in [9.17, 15) is 14.0 Å². The molecule has 3 rings (SSSR count). The topological polar surface area (TPSA) is 49.4 Å². The fraction of sp³-hybridized carbons (Fsp3) is 0.556. The fourth-order valence-electron chi connectivity index (χ4n) is 3.10. The summed E-state index contributed by atoms with van der Waals surface area (Å²) in [6.07, 6.45) is 3.51. The summed E-state index contributed by atoms with van der Waals surface area (Å²) >= 11 is 0. The molecule has 5 heteroatoms. The van der Waals surface area contributed by atoms with Gasteiger partial charge in [-0.3, -0.25) is 9.59 Å². The molecule has 1 saturated heterocycles. The molecule has 1 saturated carbocycles. The quantitative estimate of drug-likeness (QED) is 0.927. The van der Waals surface area contributed by atoms with E-state index in [2.05, 4.69) is 5.32 Å². The summed E-state index contributed by atoms with van der Waals surface area (Å²) in [5.74, 6) is 0.297. The molecule has 1 aliphatic carbocycles. The Bertz CT molecular complexity index is 605. The second-order valence-electron chi connectivity index (χ2n) is 6.68. The summed E-state index contributed by atoms with van der Waals surface area (Å²) in [5.41, 5.74) is 1.49. The molecule has 1 N–H and O–H groups in total. The van der Waals surface area contributed by atoms with Crippen LogP contribution in [0.4, 0.5) is 4.39 Å². The maximum atomic E-state index is 13.2. The van der Waals surface area contributed by atoms with Crippen molar-refractivity contribution in [2.75, 3.05) is 13.1 Å². The molecule has 2 amide bonds. The third-order valence-electron chi connectivity index (χ3n) is 4.79. The molecule has 0 aromatic heterocycles. The van der Waals surface area contributed by atoms with E-state index >= 15 is 0 Å². The molecule has 2 fully saturated rings. The molecule has 0 unspecified atom stereocenters. The van der Waals surface area contributed by atoms with Crippen LogP contribution < -0.4 is 5.32 Å². The van der Waals surface area contributed by atoms with Gasteiger partial charge < -0.3 is 10.2 Å². The van der Waals surface area contributed by atoms with Crippen molar-refractivity contribution in [1.82, 2.24) is 10.2 Å². The molecule has 0 spiro atoms. The number of piperidine rings is 1. The van der Waals surface area contributed by atoms with Crippen LogP contribution in [0.1, 0.15) is 36.8 Å². The first-order valence-corrected chi connectivity index (χ1v) is 8.36. The van der Waals surface area contributed by atoms with Crippen molar-refractivity contribution in [2.45, 2.75) is 39.2 Å². The molecular formula is C18H23FN2O2. The van der Waals surface area contributed by atoms with Crippen molar-refractivity contribution in [3.63, 3.8) is 0 Å². The summed E-state index contributed by atoms with van der Waals surface area (Å²) in [6.45, 7) is 3.50. The zero-order valence-corrected chi connectivity index (χ0v) is 13.5. The van der Waals surface area contributed by atoms with Gasteiger partial charge >= 0.3 is 0 Å². The van der Waals surface area contributed by atoms with Crippen molar-refractivity contribution in [3.05, 3.63) is 35.1 Å². The van der Waals surface area contributed by atoms with Crippen LogP contribution in [-0.4, -0.2) is 29.8 Å². The van der Waals surface area contributed by atoms with Gasteiger partial charge in [-0.05, 0) is 49.8 Å². The number of nitrogens with one attached hydrogen (secondary N) is 1. The molecule has 1 aromatic rings. The van der Waals surface area contributed by atoms with Gasteiger partial charge in [0.2, 0.25) is 11.8 Å². The maximum absolute atomic E-state index is 13.2. The van der Waals surface area contributed by atoms with Gasteiger partial charge in [-0.25, -0.2) is 4.39 Å². The van der Waals surface area contributed by atoms with Gasteiger partial charge in [0.1, 0.15) is 5.82 Å². The number of hydrogen-bond donors (Lipinski definition) is 1. The highest BCUT2D eigenvalue weighted by Gasteiger charge is 2.35. The van der Waals surface area contributed by atoms with Gasteiger partial charge in [-0.15, -0.1) is 0 Å². The zero-order chi connectivity index (χ0) is 16.4. The van der Waals surface area contributed by atoms with Gasteiger partial charge in [-0.1, -0.05) is 12.1 Å². The molecule has 4 nitrogen and oxygen atoms in total. The van der Waals surface area contributed by atoms with E-state index in [0.717, 1.165) is 31.2 Å². The Morgan fingerprint density at radius 3 is 2.48 bits per heavy atom. The summed E-state index contributed by atoms with van der Waals surface area (Å²) in [6, 6.07) is 4.88. The third-order valence-corrected chi connectivity index (χ3v) is 4.79. The molecule has 0 radical (unpaired) electrons. The van der Waals surface area contributed by atoms with Crippen LogP contribution in [0.25, 0.3) is 0 Å². The van der Waals surface area contributed by atoms with E-state index in [1.54, 1.807) is 19.1 Å². The molecular weight excluding hydrogens is 295 g/mol. The number of carbonyl (C=O) groups excluding carboxylic acids is 2. The number of hydrogen-bond acceptors (Lipinski definition) is 2. The van der Waals surface area contributed by atoms with Gasteiger partial charge in [-0.2, -0.15) is 0 Å². The molecule has 2 aliphatic rings. The zero-order valence-electron chi connectivity index (χ0n) is 13.5. The van der Waals surface area contributed by atoms with Crippen LogP contribution in [0.2, 0.25) is 0 Å². The van der Waals surface area contributed by atoms with Crippen LogP contribution in [0, 0.1) is 24.6 Å². The number of nitrogens with zero attached hydrogens (tertiary/aromatic N) is 1. The monoisotopic (exact) mass is 318 g/mol. The predicted molar refractivity (Wildman–Crippen MR) is 85.0 cm³/mol. The molecule has 0 bridgehead atoms. The van der Waals surface area contributed by atoms with Crippen LogP contribution in [-0.2, 0) is 16.1 Å². The van der Waals surface area contributed by atoms with Crippen LogP contribution in [0.5, 0.6) is 0 Å². The maximum Gasteiger partial charge on any atom is 0.225 e. The van der Waals surface area contributed by atoms with E-state index < -0.39 is 0 Å². The summed E-state index contributed by atoms with van der Waals surface area (Å²) in [7, 11) is 0. The number of carbonyl (C=O) groups is 2. The van der Waals surface area contributed by atoms with Crippen LogP contribution in [0.3, 0.4) is 0 Å². The fourth-order valence-corrected chi connectivity index (χ4v) is 3.10. The second-order valence-corrected chi connectivity index (χ2v) is 6.68. The second kappa shape index (κ2) is 6.69. The van der Waals surface area contributed by atoms with Crippen molar-refractivity contribution in [2.24, 2.45) is 11.8 Å². The highest BCUT2D eigenvalue weighted by molar-refractivity contribution is 5.82. The van der Waals surface area contributed by atoms with Crippen molar-refractivity contribution < 1.29 is 14.0 Å². The van der Waals surface area contributed by atoms with Gasteiger partial charge in [0.05, 0.1) is 0 Å². The number of rotatable bonds is 4. The first-order valence-electron chi connectivity index (χ1n) is 8.36. The normalized spacial score (nSPS) is 18.8. The Morgan fingerprint density at radius 2 is 1.87 bits per heavy atom. The Hall–Kier alpha value is -1.91. The first-order chi connectivity index (χ1) is 11.0. The lowest BCUT2D eigenvalue weighted by atomic mass is 9.95. The third kappa shape index (κ3) is 3.89. The van der Waals surface area contributed by atoms with Gasteiger partial charge in [0, 0.05) is 31.5 Å². The highest BCUT2D eigenvalue weighted by Crippen LogP contribution is 2.32. The van der Waals surface area contributed by atoms with Crippen LogP contribution >= 0.6 is 0 Å². The van der Waals surface area contributed by atoms with Gasteiger partial charge in [0.15, 0.2) is 0 Å². The smallest absolute Gasteiger partial charge is 0.225 e. The van der Waals surface area contributed by atoms with E-state index in [-0.39, 0.29) is 29.5 Å². The molecule has 0 atom stereocenters. The predicted octanol–water partition coefficient (Wildman–Crippen LogP) is 2.40. The van der Waals surface area contributed by atoms with E-state index in [4.69, 9.17) is 0 Å². The van der Waals surface area contributed by atoms with Crippen molar-refractivity contribution in [3.8, 4) is 0 Å².